The summed E-state index contributed by atoms with van der Waals surface area (Å²) in [6.45, 7) is 0.478. The quantitative estimate of drug-likeness (QED) is 0.479. The number of hydrogen-bond acceptors (Lipinski definition) is 4. The first kappa shape index (κ1) is 19.3. The van der Waals surface area contributed by atoms with Gasteiger partial charge in [-0.15, -0.1) is 6.42 Å². The summed E-state index contributed by atoms with van der Waals surface area (Å²) < 4.78 is 6.36. The summed E-state index contributed by atoms with van der Waals surface area (Å²) >= 11 is 4.35. The van der Waals surface area contributed by atoms with Crippen molar-refractivity contribution in [2.75, 3.05) is 13.2 Å². The Morgan fingerprint density at radius 3 is 2.70 bits per heavy atom. The molecule has 2 aromatic rings. The van der Waals surface area contributed by atoms with Crippen molar-refractivity contribution in [1.29, 1.82) is 0 Å². The lowest BCUT2D eigenvalue weighted by molar-refractivity contribution is -0.122. The Hall–Kier alpha value is -2.49. The molecule has 0 radical (unpaired) electrons. The Labute approximate surface area is 170 Å². The number of rotatable bonds is 6. The highest BCUT2D eigenvalue weighted by Gasteiger charge is 2.34. The smallest absolute Gasteiger partial charge is 0.293 e. The van der Waals surface area contributed by atoms with E-state index in [0.29, 0.717) is 29.2 Å². The van der Waals surface area contributed by atoms with Gasteiger partial charge in [-0.3, -0.25) is 14.5 Å². The monoisotopic (exact) mass is 441 g/mol. The Balaban J connectivity index is 1.78. The molecular weight excluding hydrogens is 426 g/mol. The highest BCUT2D eigenvalue weighted by molar-refractivity contribution is 9.10. The first-order chi connectivity index (χ1) is 13.1. The molecule has 2 amide bonds. The van der Waals surface area contributed by atoms with Gasteiger partial charge in [-0.1, -0.05) is 52.2 Å². The number of imide groups is 1. The molecule has 0 aliphatic carbocycles. The third-order valence-corrected chi connectivity index (χ3v) is 5.31. The van der Waals surface area contributed by atoms with Gasteiger partial charge < -0.3 is 4.74 Å². The SMILES string of the molecule is C#CCOc1ccc(Br)cc1/C=C1\SC(=O)N(CCc2ccccc2)C1=O. The van der Waals surface area contributed by atoms with Crippen LogP contribution in [0.3, 0.4) is 0 Å². The molecule has 0 atom stereocenters. The van der Waals surface area contributed by atoms with Crippen LogP contribution in [0, 0.1) is 12.3 Å². The molecular formula is C21H16BrNO3S. The van der Waals surface area contributed by atoms with Gasteiger partial charge in [0.2, 0.25) is 0 Å². The van der Waals surface area contributed by atoms with Crippen LogP contribution in [-0.4, -0.2) is 29.2 Å². The Bertz CT molecular complexity index is 934. The van der Waals surface area contributed by atoms with Crippen molar-refractivity contribution in [3.63, 3.8) is 0 Å². The fourth-order valence-electron chi connectivity index (χ4n) is 2.60. The van der Waals surface area contributed by atoms with Crippen LogP contribution in [0.25, 0.3) is 6.08 Å². The summed E-state index contributed by atoms with van der Waals surface area (Å²) in [5.41, 5.74) is 1.77. The Morgan fingerprint density at radius 2 is 1.96 bits per heavy atom. The minimum Gasteiger partial charge on any atom is -0.480 e. The number of halogens is 1. The maximum Gasteiger partial charge on any atom is 0.293 e. The van der Waals surface area contributed by atoms with E-state index in [1.54, 1.807) is 12.1 Å². The van der Waals surface area contributed by atoms with Crippen LogP contribution in [-0.2, 0) is 11.2 Å². The fraction of sp³-hybridized carbons (Fsp3) is 0.143. The predicted molar refractivity (Wildman–Crippen MR) is 111 cm³/mol. The van der Waals surface area contributed by atoms with Crippen molar-refractivity contribution in [1.82, 2.24) is 4.90 Å². The van der Waals surface area contributed by atoms with Gasteiger partial charge >= 0.3 is 0 Å². The number of amides is 2. The molecule has 4 nitrogen and oxygen atoms in total. The minimum atomic E-state index is -0.288. The molecule has 27 heavy (non-hydrogen) atoms. The largest absolute Gasteiger partial charge is 0.480 e. The number of hydrogen-bond donors (Lipinski definition) is 0. The number of terminal acetylenes is 1. The zero-order chi connectivity index (χ0) is 19.2. The Morgan fingerprint density at radius 1 is 1.19 bits per heavy atom. The zero-order valence-electron chi connectivity index (χ0n) is 14.4. The van der Waals surface area contributed by atoms with Crippen molar-refractivity contribution < 1.29 is 14.3 Å². The minimum absolute atomic E-state index is 0.126. The van der Waals surface area contributed by atoms with Crippen LogP contribution in [0.4, 0.5) is 4.79 Å². The van der Waals surface area contributed by atoms with Crippen LogP contribution in [0.5, 0.6) is 5.75 Å². The van der Waals surface area contributed by atoms with E-state index in [1.807, 2.05) is 42.5 Å². The molecule has 3 rings (SSSR count). The number of thioether (sulfide) groups is 1. The molecule has 1 saturated heterocycles. The first-order valence-electron chi connectivity index (χ1n) is 8.23. The van der Waals surface area contributed by atoms with E-state index in [-0.39, 0.29) is 17.8 Å². The van der Waals surface area contributed by atoms with Crippen LogP contribution in [0.15, 0.2) is 57.9 Å². The van der Waals surface area contributed by atoms with Crippen LogP contribution in [0.2, 0.25) is 0 Å². The second-order valence-electron chi connectivity index (χ2n) is 5.74. The van der Waals surface area contributed by atoms with E-state index in [9.17, 15) is 9.59 Å². The number of carbonyl (C=O) groups is 2. The number of carbonyl (C=O) groups excluding carboxylic acids is 2. The lowest BCUT2D eigenvalue weighted by Gasteiger charge is -2.12. The van der Waals surface area contributed by atoms with Gasteiger partial charge in [0.1, 0.15) is 12.4 Å². The fourth-order valence-corrected chi connectivity index (χ4v) is 3.84. The van der Waals surface area contributed by atoms with Crippen LogP contribution >= 0.6 is 27.7 Å². The zero-order valence-corrected chi connectivity index (χ0v) is 16.8. The molecule has 136 valence electrons. The summed E-state index contributed by atoms with van der Waals surface area (Å²) in [4.78, 5) is 26.6. The van der Waals surface area contributed by atoms with Crippen molar-refractivity contribution in [2.24, 2.45) is 0 Å². The molecule has 2 aromatic carbocycles. The lowest BCUT2D eigenvalue weighted by Crippen LogP contribution is -2.30. The number of benzene rings is 2. The van der Waals surface area contributed by atoms with Crippen LogP contribution < -0.4 is 4.74 Å². The molecule has 1 aliphatic heterocycles. The normalized spacial score (nSPS) is 15.3. The molecule has 0 saturated carbocycles. The Kier molecular flexibility index (Phi) is 6.38. The topological polar surface area (TPSA) is 46.6 Å². The summed E-state index contributed by atoms with van der Waals surface area (Å²) in [7, 11) is 0. The average Bonchev–Trinajstić information content (AvgIpc) is 2.93. The summed E-state index contributed by atoms with van der Waals surface area (Å²) in [5, 5.41) is -0.261. The molecule has 0 N–H and O–H groups in total. The van der Waals surface area contributed by atoms with Gasteiger partial charge in [0.15, 0.2) is 0 Å². The molecule has 0 spiro atoms. The van der Waals surface area contributed by atoms with Gasteiger partial charge in [-0.2, -0.15) is 0 Å². The van der Waals surface area contributed by atoms with E-state index in [0.717, 1.165) is 21.8 Å². The highest BCUT2D eigenvalue weighted by Crippen LogP contribution is 2.35. The summed E-state index contributed by atoms with van der Waals surface area (Å²) in [6, 6.07) is 15.2. The van der Waals surface area contributed by atoms with E-state index in [2.05, 4.69) is 21.9 Å². The third-order valence-electron chi connectivity index (χ3n) is 3.91. The average molecular weight is 442 g/mol. The van der Waals surface area contributed by atoms with Crippen LogP contribution in [0.1, 0.15) is 11.1 Å². The third kappa shape index (κ3) is 4.82. The lowest BCUT2D eigenvalue weighted by atomic mass is 10.1. The molecule has 0 aromatic heterocycles. The molecule has 1 aliphatic rings. The van der Waals surface area contributed by atoms with E-state index in [4.69, 9.17) is 11.2 Å². The second kappa shape index (κ2) is 8.94. The van der Waals surface area contributed by atoms with E-state index >= 15 is 0 Å². The van der Waals surface area contributed by atoms with Crippen molar-refractivity contribution in [3.8, 4) is 18.1 Å². The van der Waals surface area contributed by atoms with Crippen molar-refractivity contribution in [2.45, 2.75) is 6.42 Å². The molecule has 1 fully saturated rings. The molecule has 1 heterocycles. The maximum absolute atomic E-state index is 12.7. The highest BCUT2D eigenvalue weighted by atomic mass is 79.9. The predicted octanol–water partition coefficient (Wildman–Crippen LogP) is 4.74. The van der Waals surface area contributed by atoms with Crippen molar-refractivity contribution >= 4 is 44.9 Å². The number of ether oxygens (including phenoxy) is 1. The standard InChI is InChI=1S/C21H16BrNO3S/c1-2-12-26-18-9-8-17(22)13-16(18)14-19-20(24)23(21(25)27-19)11-10-15-6-4-3-5-7-15/h1,3-9,13-14H,10-12H2/b19-14-. The number of nitrogens with zero attached hydrogens (tertiary/aromatic N) is 1. The van der Waals surface area contributed by atoms with E-state index in [1.165, 1.54) is 4.90 Å². The molecule has 0 bridgehead atoms. The summed E-state index contributed by atoms with van der Waals surface area (Å²) in [6.07, 6.45) is 7.55. The maximum atomic E-state index is 12.7. The van der Waals surface area contributed by atoms with Gasteiger partial charge in [-0.05, 0) is 48.0 Å². The van der Waals surface area contributed by atoms with Gasteiger partial charge in [0.25, 0.3) is 11.1 Å². The van der Waals surface area contributed by atoms with Gasteiger partial charge in [0.05, 0.1) is 4.91 Å². The molecule has 6 heteroatoms. The van der Waals surface area contributed by atoms with Gasteiger partial charge in [0, 0.05) is 16.6 Å². The first-order valence-corrected chi connectivity index (χ1v) is 9.84. The van der Waals surface area contributed by atoms with Gasteiger partial charge in [-0.25, -0.2) is 0 Å². The van der Waals surface area contributed by atoms with Crippen molar-refractivity contribution in [3.05, 3.63) is 69.0 Å². The summed E-state index contributed by atoms with van der Waals surface area (Å²) in [5.74, 6) is 2.69. The second-order valence-corrected chi connectivity index (χ2v) is 7.65. The van der Waals surface area contributed by atoms with E-state index < -0.39 is 0 Å². The molecule has 0 unspecified atom stereocenters.